The molecule has 1 aromatic carbocycles. The quantitative estimate of drug-likeness (QED) is 0.442. The monoisotopic (exact) mass is 315 g/mol. The molecule has 1 unspecified atom stereocenters. The van der Waals surface area contributed by atoms with E-state index in [1.54, 1.807) is 28.4 Å². The number of hydroxylamine groups is 1. The Morgan fingerprint density at radius 1 is 1.23 bits per heavy atom. The molecular formula is C16H14ClN3O2. The molecule has 0 aliphatic rings. The Kier molecular flexibility index (Phi) is 4.09. The number of carbonyl (C=O) groups excluding carboxylic acids is 1. The minimum Gasteiger partial charge on any atom is -0.333 e. The molecular weight excluding hydrogens is 302 g/mol. The predicted molar refractivity (Wildman–Crippen MR) is 83.9 cm³/mol. The molecule has 0 aliphatic heterocycles. The molecule has 1 amide bonds. The van der Waals surface area contributed by atoms with Crippen LogP contribution in [0, 0.1) is 0 Å². The van der Waals surface area contributed by atoms with E-state index in [1.807, 2.05) is 36.4 Å². The van der Waals surface area contributed by atoms with Crippen molar-refractivity contribution < 1.29 is 10.0 Å². The van der Waals surface area contributed by atoms with Gasteiger partial charge in [0.25, 0.3) is 5.91 Å². The van der Waals surface area contributed by atoms with Gasteiger partial charge < -0.3 is 4.57 Å². The van der Waals surface area contributed by atoms with E-state index >= 15 is 0 Å². The normalized spacial score (nSPS) is 12.3. The summed E-state index contributed by atoms with van der Waals surface area (Å²) in [7, 11) is 0. The number of carbonyl (C=O) groups is 1. The first-order valence-corrected chi connectivity index (χ1v) is 7.18. The molecule has 3 aromatic rings. The van der Waals surface area contributed by atoms with Crippen LogP contribution in [0.5, 0.6) is 0 Å². The first kappa shape index (κ1) is 14.6. The van der Waals surface area contributed by atoms with Gasteiger partial charge in [0.2, 0.25) is 0 Å². The van der Waals surface area contributed by atoms with Crippen molar-refractivity contribution in [3.63, 3.8) is 0 Å². The second-order valence-corrected chi connectivity index (χ2v) is 5.33. The van der Waals surface area contributed by atoms with Crippen LogP contribution in [0.4, 0.5) is 0 Å². The number of nitrogens with one attached hydrogen (secondary N) is 1. The Morgan fingerprint density at radius 3 is 2.73 bits per heavy atom. The standard InChI is InChI=1S/C16H14ClN3O2/c17-15-7-6-13-12(18-15)8-9-20(13)14(16(21)19-22)10-11-4-2-1-3-5-11/h1-9,14,22H,10H2,(H,19,21). The Bertz CT molecular complexity index is 802. The van der Waals surface area contributed by atoms with Gasteiger partial charge in [-0.15, -0.1) is 0 Å². The van der Waals surface area contributed by atoms with Crippen LogP contribution >= 0.6 is 11.6 Å². The second-order valence-electron chi connectivity index (χ2n) is 4.94. The minimum atomic E-state index is -0.576. The van der Waals surface area contributed by atoms with E-state index in [1.165, 1.54) is 0 Å². The van der Waals surface area contributed by atoms with Gasteiger partial charge in [-0.2, -0.15) is 0 Å². The lowest BCUT2D eigenvalue weighted by molar-refractivity contribution is -0.132. The van der Waals surface area contributed by atoms with Crippen LogP contribution in [0.3, 0.4) is 0 Å². The van der Waals surface area contributed by atoms with E-state index in [9.17, 15) is 4.79 Å². The first-order chi connectivity index (χ1) is 10.7. The highest BCUT2D eigenvalue weighted by atomic mass is 35.5. The smallest absolute Gasteiger partial charge is 0.266 e. The lowest BCUT2D eigenvalue weighted by Gasteiger charge is -2.18. The highest BCUT2D eigenvalue weighted by Crippen LogP contribution is 2.23. The number of nitrogens with zero attached hydrogens (tertiary/aromatic N) is 2. The molecule has 0 aliphatic carbocycles. The largest absolute Gasteiger partial charge is 0.333 e. The third-order valence-corrected chi connectivity index (χ3v) is 3.77. The van der Waals surface area contributed by atoms with Crippen LogP contribution in [-0.2, 0) is 11.2 Å². The van der Waals surface area contributed by atoms with Crippen molar-refractivity contribution in [3.05, 3.63) is 65.4 Å². The summed E-state index contributed by atoms with van der Waals surface area (Å²) in [4.78, 5) is 16.3. The van der Waals surface area contributed by atoms with E-state index in [0.717, 1.165) is 11.1 Å². The third-order valence-electron chi connectivity index (χ3n) is 3.56. The van der Waals surface area contributed by atoms with Crippen LogP contribution in [-0.4, -0.2) is 20.7 Å². The molecule has 1 atom stereocenters. The SMILES string of the molecule is O=C(NO)C(Cc1ccccc1)n1ccc2nc(Cl)ccc21. The molecule has 0 saturated carbocycles. The Morgan fingerprint density at radius 2 is 2.00 bits per heavy atom. The van der Waals surface area contributed by atoms with Crippen molar-refractivity contribution in [3.8, 4) is 0 Å². The highest BCUT2D eigenvalue weighted by Gasteiger charge is 2.22. The molecule has 0 radical (unpaired) electrons. The molecule has 5 nitrogen and oxygen atoms in total. The summed E-state index contributed by atoms with van der Waals surface area (Å²) >= 11 is 5.89. The van der Waals surface area contributed by atoms with Gasteiger partial charge in [-0.05, 0) is 23.8 Å². The molecule has 112 valence electrons. The first-order valence-electron chi connectivity index (χ1n) is 6.80. The lowest BCUT2D eigenvalue weighted by Crippen LogP contribution is -2.31. The van der Waals surface area contributed by atoms with Crippen molar-refractivity contribution in [1.82, 2.24) is 15.0 Å². The van der Waals surface area contributed by atoms with Gasteiger partial charge in [0.15, 0.2) is 0 Å². The maximum Gasteiger partial charge on any atom is 0.266 e. The van der Waals surface area contributed by atoms with Crippen molar-refractivity contribution in [2.75, 3.05) is 0 Å². The zero-order valence-electron chi connectivity index (χ0n) is 11.6. The molecule has 0 spiro atoms. The number of halogens is 1. The van der Waals surface area contributed by atoms with Crippen LogP contribution in [0.2, 0.25) is 5.15 Å². The fourth-order valence-corrected chi connectivity index (χ4v) is 2.67. The van der Waals surface area contributed by atoms with Crippen LogP contribution < -0.4 is 5.48 Å². The number of fused-ring (bicyclic) bond motifs is 1. The van der Waals surface area contributed by atoms with Crippen molar-refractivity contribution in [2.45, 2.75) is 12.5 Å². The van der Waals surface area contributed by atoms with Crippen LogP contribution in [0.15, 0.2) is 54.7 Å². The molecule has 2 aromatic heterocycles. The van der Waals surface area contributed by atoms with E-state index < -0.39 is 11.9 Å². The molecule has 3 rings (SSSR count). The highest BCUT2D eigenvalue weighted by molar-refractivity contribution is 6.29. The summed E-state index contributed by atoms with van der Waals surface area (Å²) in [5.41, 5.74) is 4.23. The number of amides is 1. The van der Waals surface area contributed by atoms with Gasteiger partial charge in [0, 0.05) is 12.6 Å². The van der Waals surface area contributed by atoms with E-state index in [2.05, 4.69) is 4.98 Å². The summed E-state index contributed by atoms with van der Waals surface area (Å²) in [6.07, 6.45) is 2.23. The topological polar surface area (TPSA) is 67.2 Å². The second kappa shape index (κ2) is 6.17. The van der Waals surface area contributed by atoms with Gasteiger partial charge >= 0.3 is 0 Å². The number of hydrogen-bond donors (Lipinski definition) is 2. The Hall–Kier alpha value is -2.37. The molecule has 0 fully saturated rings. The predicted octanol–water partition coefficient (Wildman–Crippen LogP) is 2.98. The maximum atomic E-state index is 12.1. The molecule has 2 N–H and O–H groups in total. The summed E-state index contributed by atoms with van der Waals surface area (Å²) in [5, 5.41) is 9.45. The zero-order chi connectivity index (χ0) is 15.5. The van der Waals surface area contributed by atoms with Crippen molar-refractivity contribution in [2.24, 2.45) is 0 Å². The average Bonchev–Trinajstić information content (AvgIpc) is 2.95. The number of pyridine rings is 1. The van der Waals surface area contributed by atoms with Gasteiger partial charge in [-0.1, -0.05) is 41.9 Å². The summed E-state index contributed by atoms with van der Waals surface area (Å²) in [6.45, 7) is 0. The fraction of sp³-hybridized carbons (Fsp3) is 0.125. The fourth-order valence-electron chi connectivity index (χ4n) is 2.52. The van der Waals surface area contributed by atoms with Crippen LogP contribution in [0.1, 0.15) is 11.6 Å². The zero-order valence-corrected chi connectivity index (χ0v) is 12.4. The lowest BCUT2D eigenvalue weighted by atomic mass is 10.1. The molecule has 0 saturated heterocycles. The maximum absolute atomic E-state index is 12.1. The molecule has 0 bridgehead atoms. The van der Waals surface area contributed by atoms with E-state index in [4.69, 9.17) is 16.8 Å². The molecule has 6 heteroatoms. The Balaban J connectivity index is 2.02. The van der Waals surface area contributed by atoms with Gasteiger partial charge in [-0.25, -0.2) is 10.5 Å². The molecule has 22 heavy (non-hydrogen) atoms. The number of benzene rings is 1. The van der Waals surface area contributed by atoms with E-state index in [0.29, 0.717) is 17.1 Å². The van der Waals surface area contributed by atoms with Gasteiger partial charge in [-0.3, -0.25) is 10.0 Å². The summed E-state index contributed by atoms with van der Waals surface area (Å²) in [6, 6.07) is 14.3. The van der Waals surface area contributed by atoms with Crippen LogP contribution in [0.25, 0.3) is 11.0 Å². The molecule has 2 heterocycles. The van der Waals surface area contributed by atoms with Gasteiger partial charge in [0.1, 0.15) is 11.2 Å². The number of aromatic nitrogens is 2. The summed E-state index contributed by atoms with van der Waals surface area (Å²) in [5.74, 6) is -0.476. The third kappa shape index (κ3) is 2.81. The van der Waals surface area contributed by atoms with Gasteiger partial charge in [0.05, 0.1) is 11.0 Å². The minimum absolute atomic E-state index is 0.400. The van der Waals surface area contributed by atoms with Crippen molar-refractivity contribution >= 4 is 28.5 Å². The number of rotatable bonds is 4. The Labute approximate surface area is 132 Å². The average molecular weight is 316 g/mol. The summed E-state index contributed by atoms with van der Waals surface area (Å²) < 4.78 is 1.79. The van der Waals surface area contributed by atoms with Crippen molar-refractivity contribution in [1.29, 1.82) is 0 Å². The number of hydrogen-bond acceptors (Lipinski definition) is 3. The van der Waals surface area contributed by atoms with E-state index in [-0.39, 0.29) is 0 Å².